The number of para-hydroxylation sites is 1. The largest absolute Gasteiger partial charge is 0.371 e. The third-order valence-electron chi connectivity index (χ3n) is 2.54. The average Bonchev–Trinajstić information content (AvgIpc) is 2.67. The van der Waals surface area contributed by atoms with Crippen LogP contribution >= 0.6 is 0 Å². The summed E-state index contributed by atoms with van der Waals surface area (Å²) in [6.07, 6.45) is 2.07. The highest BCUT2D eigenvalue weighted by atomic mass is 16.1. The van der Waals surface area contributed by atoms with Gasteiger partial charge in [-0.05, 0) is 18.6 Å². The number of benzene rings is 1. The zero-order valence-electron chi connectivity index (χ0n) is 7.52. The average molecular weight is 175 g/mol. The van der Waals surface area contributed by atoms with Crippen LogP contribution in [0, 0.1) is 5.92 Å². The molecule has 1 aliphatic heterocycles. The molecular weight excluding hydrogens is 162 g/mol. The Balaban J connectivity index is 2.08. The second-order valence-corrected chi connectivity index (χ2v) is 3.47. The molecule has 1 unspecified atom stereocenters. The number of anilines is 1. The lowest BCUT2D eigenvalue weighted by molar-refractivity contribution is -0.110. The molecule has 0 radical (unpaired) electrons. The van der Waals surface area contributed by atoms with Gasteiger partial charge in [-0.25, -0.2) is 0 Å². The zero-order chi connectivity index (χ0) is 9.10. The summed E-state index contributed by atoms with van der Waals surface area (Å²) in [4.78, 5) is 12.8. The molecule has 0 spiro atoms. The van der Waals surface area contributed by atoms with E-state index >= 15 is 0 Å². The van der Waals surface area contributed by atoms with Crippen molar-refractivity contribution >= 4 is 12.0 Å². The summed E-state index contributed by atoms with van der Waals surface area (Å²) < 4.78 is 0. The van der Waals surface area contributed by atoms with Crippen LogP contribution in [0.25, 0.3) is 0 Å². The van der Waals surface area contributed by atoms with E-state index in [-0.39, 0.29) is 5.92 Å². The first-order chi connectivity index (χ1) is 6.40. The van der Waals surface area contributed by atoms with Crippen molar-refractivity contribution in [3.05, 3.63) is 30.3 Å². The van der Waals surface area contributed by atoms with Gasteiger partial charge in [-0.3, -0.25) is 0 Å². The normalized spacial score (nSPS) is 21.8. The van der Waals surface area contributed by atoms with Crippen molar-refractivity contribution in [1.82, 2.24) is 0 Å². The molecule has 1 atom stereocenters. The predicted octanol–water partition coefficient (Wildman–Crippen LogP) is 1.71. The van der Waals surface area contributed by atoms with E-state index in [1.54, 1.807) is 0 Å². The molecule has 0 bridgehead atoms. The standard InChI is InChI=1S/C11H13NO/c13-9-10-6-7-12(8-10)11-4-2-1-3-5-11/h1-5,9-10H,6-8H2. The van der Waals surface area contributed by atoms with Gasteiger partial charge < -0.3 is 9.69 Å². The lowest BCUT2D eigenvalue weighted by atomic mass is 10.1. The van der Waals surface area contributed by atoms with Crippen molar-refractivity contribution in [2.75, 3.05) is 18.0 Å². The summed E-state index contributed by atoms with van der Waals surface area (Å²) in [5.74, 6) is 0.236. The Morgan fingerprint density at radius 3 is 2.69 bits per heavy atom. The Morgan fingerprint density at radius 2 is 2.08 bits per heavy atom. The fraction of sp³-hybridized carbons (Fsp3) is 0.364. The van der Waals surface area contributed by atoms with Crippen LogP contribution in [-0.4, -0.2) is 19.4 Å². The molecule has 0 aliphatic carbocycles. The highest BCUT2D eigenvalue weighted by Crippen LogP contribution is 2.21. The maximum Gasteiger partial charge on any atom is 0.124 e. The minimum atomic E-state index is 0.236. The number of carbonyl (C=O) groups excluding carboxylic acids is 1. The molecule has 1 aromatic carbocycles. The summed E-state index contributed by atoms with van der Waals surface area (Å²) in [6, 6.07) is 10.3. The lowest BCUT2D eigenvalue weighted by Gasteiger charge is -2.17. The van der Waals surface area contributed by atoms with Crippen molar-refractivity contribution in [2.45, 2.75) is 6.42 Å². The van der Waals surface area contributed by atoms with E-state index in [0.29, 0.717) is 0 Å². The number of hydrogen-bond donors (Lipinski definition) is 0. The topological polar surface area (TPSA) is 20.3 Å². The molecule has 1 saturated heterocycles. The SMILES string of the molecule is O=CC1CCN(c2ccccc2)C1. The van der Waals surface area contributed by atoms with E-state index < -0.39 is 0 Å². The van der Waals surface area contributed by atoms with Gasteiger partial charge in [0.2, 0.25) is 0 Å². The van der Waals surface area contributed by atoms with Gasteiger partial charge in [-0.15, -0.1) is 0 Å². The van der Waals surface area contributed by atoms with Gasteiger partial charge in [-0.1, -0.05) is 18.2 Å². The summed E-state index contributed by atoms with van der Waals surface area (Å²) in [7, 11) is 0. The smallest absolute Gasteiger partial charge is 0.124 e. The molecule has 68 valence electrons. The van der Waals surface area contributed by atoms with E-state index in [4.69, 9.17) is 0 Å². The van der Waals surface area contributed by atoms with Crippen LogP contribution in [0.3, 0.4) is 0 Å². The summed E-state index contributed by atoms with van der Waals surface area (Å²) in [6.45, 7) is 1.89. The van der Waals surface area contributed by atoms with Gasteiger partial charge in [0.1, 0.15) is 6.29 Å². The van der Waals surface area contributed by atoms with Crippen LogP contribution in [0.15, 0.2) is 30.3 Å². The number of carbonyl (C=O) groups is 1. The van der Waals surface area contributed by atoms with Gasteiger partial charge in [0, 0.05) is 24.7 Å². The number of nitrogens with zero attached hydrogens (tertiary/aromatic N) is 1. The third kappa shape index (κ3) is 1.72. The van der Waals surface area contributed by atoms with E-state index in [1.165, 1.54) is 5.69 Å². The molecule has 0 aromatic heterocycles. The van der Waals surface area contributed by atoms with Gasteiger partial charge in [0.15, 0.2) is 0 Å². The molecule has 1 aliphatic rings. The summed E-state index contributed by atoms with van der Waals surface area (Å²) >= 11 is 0. The number of rotatable bonds is 2. The van der Waals surface area contributed by atoms with E-state index in [0.717, 1.165) is 25.8 Å². The van der Waals surface area contributed by atoms with Crippen molar-refractivity contribution in [3.63, 3.8) is 0 Å². The molecule has 1 heterocycles. The molecule has 2 heteroatoms. The van der Waals surface area contributed by atoms with Gasteiger partial charge >= 0.3 is 0 Å². The Morgan fingerprint density at radius 1 is 1.31 bits per heavy atom. The van der Waals surface area contributed by atoms with E-state index in [9.17, 15) is 4.79 Å². The van der Waals surface area contributed by atoms with Crippen LogP contribution in [0.4, 0.5) is 5.69 Å². The Kier molecular flexibility index (Phi) is 2.30. The van der Waals surface area contributed by atoms with Crippen molar-refractivity contribution in [3.8, 4) is 0 Å². The maximum absolute atomic E-state index is 10.6. The Bertz CT molecular complexity index is 283. The second-order valence-electron chi connectivity index (χ2n) is 3.47. The van der Waals surface area contributed by atoms with Crippen LogP contribution in [-0.2, 0) is 4.79 Å². The van der Waals surface area contributed by atoms with Gasteiger partial charge in [0.05, 0.1) is 0 Å². The molecule has 1 fully saturated rings. The predicted molar refractivity (Wildman–Crippen MR) is 52.8 cm³/mol. The molecule has 0 amide bonds. The highest BCUT2D eigenvalue weighted by Gasteiger charge is 2.21. The molecule has 1 aromatic rings. The number of aldehydes is 1. The van der Waals surface area contributed by atoms with E-state index in [1.807, 2.05) is 18.2 Å². The Labute approximate surface area is 78.2 Å². The van der Waals surface area contributed by atoms with Gasteiger partial charge in [-0.2, -0.15) is 0 Å². The minimum Gasteiger partial charge on any atom is -0.371 e. The van der Waals surface area contributed by atoms with Crippen molar-refractivity contribution in [2.24, 2.45) is 5.92 Å². The second kappa shape index (κ2) is 3.60. The first-order valence-corrected chi connectivity index (χ1v) is 4.65. The molecule has 0 saturated carbocycles. The molecular formula is C11H13NO. The number of hydrogen-bond acceptors (Lipinski definition) is 2. The summed E-state index contributed by atoms with van der Waals surface area (Å²) in [5.41, 5.74) is 1.23. The van der Waals surface area contributed by atoms with Crippen LogP contribution in [0.2, 0.25) is 0 Å². The van der Waals surface area contributed by atoms with Gasteiger partial charge in [0.25, 0.3) is 0 Å². The van der Waals surface area contributed by atoms with Crippen LogP contribution in [0.5, 0.6) is 0 Å². The summed E-state index contributed by atoms with van der Waals surface area (Å²) in [5, 5.41) is 0. The van der Waals surface area contributed by atoms with Crippen LogP contribution < -0.4 is 4.90 Å². The fourth-order valence-corrected chi connectivity index (χ4v) is 1.77. The van der Waals surface area contributed by atoms with Crippen LogP contribution in [0.1, 0.15) is 6.42 Å². The molecule has 13 heavy (non-hydrogen) atoms. The third-order valence-corrected chi connectivity index (χ3v) is 2.54. The highest BCUT2D eigenvalue weighted by molar-refractivity contribution is 5.58. The quantitative estimate of drug-likeness (QED) is 0.638. The zero-order valence-corrected chi connectivity index (χ0v) is 7.52. The minimum absolute atomic E-state index is 0.236. The molecule has 2 rings (SSSR count). The lowest BCUT2D eigenvalue weighted by Crippen LogP contribution is -2.19. The first-order valence-electron chi connectivity index (χ1n) is 4.65. The monoisotopic (exact) mass is 175 g/mol. The Hall–Kier alpha value is -1.31. The van der Waals surface area contributed by atoms with E-state index in [2.05, 4.69) is 17.0 Å². The van der Waals surface area contributed by atoms with Crippen molar-refractivity contribution < 1.29 is 4.79 Å². The maximum atomic E-state index is 10.6. The fourth-order valence-electron chi connectivity index (χ4n) is 1.77. The molecule has 2 nitrogen and oxygen atoms in total. The van der Waals surface area contributed by atoms with Crippen molar-refractivity contribution in [1.29, 1.82) is 0 Å². The molecule has 0 N–H and O–H groups in total. The first kappa shape index (κ1) is 8.30.